The molecular weight excluding hydrogens is 429 g/mol. The van der Waals surface area contributed by atoms with Crippen molar-refractivity contribution in [3.8, 4) is 0 Å². The summed E-state index contributed by atoms with van der Waals surface area (Å²) < 4.78 is 65.5. The van der Waals surface area contributed by atoms with Gasteiger partial charge >= 0.3 is 6.18 Å². The van der Waals surface area contributed by atoms with Crippen molar-refractivity contribution in [2.45, 2.75) is 33.0 Å². The summed E-state index contributed by atoms with van der Waals surface area (Å²) in [5.41, 5.74) is 0.0192. The minimum atomic E-state index is -4.75. The number of carbonyl (C=O) groups excluding carboxylic acids is 1. The molecule has 29 heavy (non-hydrogen) atoms. The van der Waals surface area contributed by atoms with Crippen molar-refractivity contribution in [1.82, 2.24) is 0 Å². The van der Waals surface area contributed by atoms with Gasteiger partial charge in [0, 0.05) is 5.02 Å². The molecule has 0 spiro atoms. The lowest BCUT2D eigenvalue weighted by Crippen LogP contribution is -2.45. The number of nitrogens with zero attached hydrogens (tertiary/aromatic N) is 1. The molecule has 1 amide bonds. The molecule has 1 atom stereocenters. The van der Waals surface area contributed by atoms with Crippen molar-refractivity contribution in [2.24, 2.45) is 0 Å². The second kappa shape index (κ2) is 8.23. The number of nitrogens with one attached hydrogen (secondary N) is 1. The summed E-state index contributed by atoms with van der Waals surface area (Å²) in [6.07, 6.45) is -3.82. The van der Waals surface area contributed by atoms with Crippen molar-refractivity contribution in [2.75, 3.05) is 15.9 Å². The van der Waals surface area contributed by atoms with Crippen molar-refractivity contribution >= 4 is 38.9 Å². The number of sulfonamides is 1. The van der Waals surface area contributed by atoms with Gasteiger partial charge < -0.3 is 5.32 Å². The number of carbonyl (C=O) groups is 1. The second-order valence-corrected chi connectivity index (χ2v) is 9.00. The Hall–Kier alpha value is -2.26. The Balaban J connectivity index is 2.45. The van der Waals surface area contributed by atoms with Crippen LogP contribution >= 0.6 is 11.6 Å². The fraction of sp³-hybridized carbons (Fsp3) is 0.316. The molecule has 0 bridgehead atoms. The number of rotatable bonds is 5. The molecule has 2 rings (SSSR count). The average Bonchev–Trinajstić information content (AvgIpc) is 2.57. The monoisotopic (exact) mass is 448 g/mol. The van der Waals surface area contributed by atoms with E-state index in [-0.39, 0.29) is 10.7 Å². The van der Waals surface area contributed by atoms with E-state index >= 15 is 0 Å². The lowest BCUT2D eigenvalue weighted by molar-refractivity contribution is -0.137. The highest BCUT2D eigenvalue weighted by molar-refractivity contribution is 7.92. The Morgan fingerprint density at radius 3 is 2.31 bits per heavy atom. The molecule has 2 aromatic carbocycles. The number of amides is 1. The van der Waals surface area contributed by atoms with E-state index in [4.69, 9.17) is 11.6 Å². The molecule has 0 fully saturated rings. The first-order chi connectivity index (χ1) is 13.2. The molecule has 0 heterocycles. The summed E-state index contributed by atoms with van der Waals surface area (Å²) in [5.74, 6) is -0.913. The van der Waals surface area contributed by atoms with E-state index in [1.807, 2.05) is 0 Å². The van der Waals surface area contributed by atoms with Crippen molar-refractivity contribution < 1.29 is 26.4 Å². The Bertz CT molecular complexity index is 1040. The number of hydrogen-bond donors (Lipinski definition) is 1. The SMILES string of the molecule is Cc1ccc(C)c(N([C@H](C)C(=O)Nc2ccc(Cl)cc2C(F)(F)F)S(C)(=O)=O)c1. The summed E-state index contributed by atoms with van der Waals surface area (Å²) in [4.78, 5) is 12.7. The van der Waals surface area contributed by atoms with Gasteiger partial charge in [-0.3, -0.25) is 9.10 Å². The largest absolute Gasteiger partial charge is 0.418 e. The Labute approximate surface area is 172 Å². The topological polar surface area (TPSA) is 66.5 Å². The van der Waals surface area contributed by atoms with Gasteiger partial charge in [0.05, 0.1) is 23.2 Å². The van der Waals surface area contributed by atoms with Crippen LogP contribution in [0.4, 0.5) is 24.5 Å². The minimum absolute atomic E-state index is 0.142. The lowest BCUT2D eigenvalue weighted by Gasteiger charge is -2.30. The fourth-order valence-electron chi connectivity index (χ4n) is 2.84. The third kappa shape index (κ3) is 5.42. The third-order valence-electron chi connectivity index (χ3n) is 4.24. The van der Waals surface area contributed by atoms with E-state index in [0.29, 0.717) is 11.6 Å². The van der Waals surface area contributed by atoms with Crippen LogP contribution in [-0.2, 0) is 21.0 Å². The van der Waals surface area contributed by atoms with Crippen molar-refractivity contribution in [3.05, 3.63) is 58.1 Å². The molecule has 2 aromatic rings. The van der Waals surface area contributed by atoms with Crippen LogP contribution in [0.3, 0.4) is 0 Å². The summed E-state index contributed by atoms with van der Waals surface area (Å²) in [7, 11) is -3.91. The van der Waals surface area contributed by atoms with E-state index in [1.54, 1.807) is 32.0 Å². The van der Waals surface area contributed by atoms with Crippen LogP contribution in [-0.4, -0.2) is 26.6 Å². The first-order valence-electron chi connectivity index (χ1n) is 8.46. The molecule has 0 unspecified atom stereocenters. The molecule has 0 aliphatic rings. The molecule has 0 saturated carbocycles. The number of anilines is 2. The number of benzene rings is 2. The highest BCUT2D eigenvalue weighted by Crippen LogP contribution is 2.37. The van der Waals surface area contributed by atoms with Crippen molar-refractivity contribution in [3.63, 3.8) is 0 Å². The normalized spacial score (nSPS) is 13.1. The van der Waals surface area contributed by atoms with Crippen LogP contribution in [0.15, 0.2) is 36.4 Å². The summed E-state index contributed by atoms with van der Waals surface area (Å²) in [5, 5.41) is 2.03. The maximum absolute atomic E-state index is 13.3. The standard InChI is InChI=1S/C19H20ClF3N2O3S/c1-11-5-6-12(2)17(9-11)25(29(4,27)28)13(3)18(26)24-16-8-7-14(20)10-15(16)19(21,22)23/h5-10,13H,1-4H3,(H,24,26)/t13-/m1/s1. The van der Waals surface area contributed by atoms with Gasteiger partial charge in [-0.15, -0.1) is 0 Å². The molecule has 0 aromatic heterocycles. The number of halogens is 4. The van der Waals surface area contributed by atoms with Crippen molar-refractivity contribution in [1.29, 1.82) is 0 Å². The Kier molecular flexibility index (Phi) is 6.54. The zero-order chi connectivity index (χ0) is 22.1. The lowest BCUT2D eigenvalue weighted by atomic mass is 10.1. The molecule has 0 saturated heterocycles. The van der Waals surface area contributed by atoms with Gasteiger partial charge in [-0.05, 0) is 56.2 Å². The molecule has 10 heteroatoms. The van der Waals surface area contributed by atoms with Crippen LogP contribution in [0.1, 0.15) is 23.6 Å². The predicted octanol–water partition coefficient (Wildman–Crippen LogP) is 4.77. The Morgan fingerprint density at radius 1 is 1.14 bits per heavy atom. The van der Waals surface area contributed by atoms with Gasteiger partial charge in [-0.2, -0.15) is 13.2 Å². The van der Waals surface area contributed by atoms with Crippen LogP contribution in [0.5, 0.6) is 0 Å². The smallest absolute Gasteiger partial charge is 0.324 e. The van der Waals surface area contributed by atoms with Gasteiger partial charge in [-0.1, -0.05) is 23.7 Å². The maximum Gasteiger partial charge on any atom is 0.418 e. The molecule has 0 aliphatic heterocycles. The molecule has 1 N–H and O–H groups in total. The van der Waals surface area contributed by atoms with Gasteiger partial charge in [0.25, 0.3) is 0 Å². The zero-order valence-corrected chi connectivity index (χ0v) is 17.7. The maximum atomic E-state index is 13.3. The van der Waals surface area contributed by atoms with E-state index in [9.17, 15) is 26.4 Å². The van der Waals surface area contributed by atoms with Gasteiger partial charge in [0.2, 0.25) is 15.9 Å². The summed E-state index contributed by atoms with van der Waals surface area (Å²) in [6, 6.07) is 6.71. The molecular formula is C19H20ClF3N2O3S. The quantitative estimate of drug-likeness (QED) is 0.716. The number of hydrogen-bond acceptors (Lipinski definition) is 3. The van der Waals surface area contributed by atoms with Crippen LogP contribution < -0.4 is 9.62 Å². The van der Waals surface area contributed by atoms with Gasteiger partial charge in [0.15, 0.2) is 0 Å². The first-order valence-corrected chi connectivity index (χ1v) is 10.7. The third-order valence-corrected chi connectivity index (χ3v) is 5.70. The predicted molar refractivity (Wildman–Crippen MR) is 108 cm³/mol. The van der Waals surface area contributed by atoms with Crippen LogP contribution in [0.2, 0.25) is 5.02 Å². The highest BCUT2D eigenvalue weighted by Gasteiger charge is 2.36. The highest BCUT2D eigenvalue weighted by atomic mass is 35.5. The zero-order valence-electron chi connectivity index (χ0n) is 16.1. The van der Waals surface area contributed by atoms with E-state index in [1.165, 1.54) is 13.0 Å². The second-order valence-electron chi connectivity index (χ2n) is 6.70. The van der Waals surface area contributed by atoms with E-state index in [0.717, 1.165) is 22.2 Å². The molecule has 0 radical (unpaired) electrons. The van der Waals surface area contributed by atoms with Crippen LogP contribution in [0.25, 0.3) is 0 Å². The summed E-state index contributed by atoms with van der Waals surface area (Å²) in [6.45, 7) is 4.75. The molecule has 158 valence electrons. The Morgan fingerprint density at radius 2 is 1.76 bits per heavy atom. The fourth-order valence-corrected chi connectivity index (χ4v) is 4.23. The van der Waals surface area contributed by atoms with E-state index in [2.05, 4.69) is 5.32 Å². The molecule has 0 aliphatic carbocycles. The van der Waals surface area contributed by atoms with Gasteiger partial charge in [-0.25, -0.2) is 8.42 Å². The minimum Gasteiger partial charge on any atom is -0.324 e. The first kappa shape index (κ1) is 23.0. The number of aryl methyl sites for hydroxylation is 2. The number of alkyl halides is 3. The summed E-state index contributed by atoms with van der Waals surface area (Å²) >= 11 is 5.64. The van der Waals surface area contributed by atoms with E-state index < -0.39 is 39.4 Å². The van der Waals surface area contributed by atoms with Gasteiger partial charge in [0.1, 0.15) is 6.04 Å². The average molecular weight is 449 g/mol. The van der Waals surface area contributed by atoms with Crippen LogP contribution in [0, 0.1) is 13.8 Å². The molecule has 5 nitrogen and oxygen atoms in total.